The van der Waals surface area contributed by atoms with Crippen molar-refractivity contribution in [1.29, 1.82) is 0 Å². The largest absolute Gasteiger partial charge is 0.497 e. The van der Waals surface area contributed by atoms with Crippen LogP contribution in [0.1, 0.15) is 0 Å². The van der Waals surface area contributed by atoms with Crippen LogP contribution in [0.25, 0.3) is 33.6 Å². The molecule has 0 bridgehead atoms. The van der Waals surface area contributed by atoms with Crippen LogP contribution in [0.15, 0.2) is 71.9 Å². The Kier molecular flexibility index (Phi) is 4.17. The van der Waals surface area contributed by atoms with Crippen LogP contribution in [-0.2, 0) is 0 Å². The van der Waals surface area contributed by atoms with E-state index in [-0.39, 0.29) is 5.56 Å². The van der Waals surface area contributed by atoms with E-state index >= 15 is 0 Å². The molecule has 0 aliphatic heterocycles. The zero-order valence-electron chi connectivity index (χ0n) is 16.3. The monoisotopic (exact) mass is 399 g/mol. The Morgan fingerprint density at radius 1 is 0.933 bits per heavy atom. The molecule has 0 radical (unpaired) electrons. The average molecular weight is 399 g/mol. The molecule has 0 aliphatic carbocycles. The molecule has 0 saturated carbocycles. The highest BCUT2D eigenvalue weighted by molar-refractivity contribution is 5.93. The summed E-state index contributed by atoms with van der Waals surface area (Å²) in [7, 11) is 3.14. The molecule has 0 amide bonds. The fourth-order valence-electron chi connectivity index (χ4n) is 3.52. The van der Waals surface area contributed by atoms with E-state index in [2.05, 4.69) is 15.1 Å². The zero-order chi connectivity index (χ0) is 20.7. The standard InChI is InChI=1S/C22H17N5O3/c1-29-16-10-15(11-17(12-16)30-2)26-9-8-18-19(21(26)28)20(14-6-4-3-5-7-14)27-22(25-18)23-13-24-27/h3-13H,1-2H3. The minimum atomic E-state index is -0.230. The van der Waals surface area contributed by atoms with Gasteiger partial charge in [-0.3, -0.25) is 9.36 Å². The Morgan fingerprint density at radius 3 is 2.37 bits per heavy atom. The number of fused-ring (bicyclic) bond motifs is 2. The van der Waals surface area contributed by atoms with Gasteiger partial charge in [-0.05, 0) is 6.07 Å². The third-order valence-corrected chi connectivity index (χ3v) is 4.93. The first-order valence-electron chi connectivity index (χ1n) is 9.23. The predicted molar refractivity (Wildman–Crippen MR) is 112 cm³/mol. The minimum Gasteiger partial charge on any atom is -0.497 e. The normalized spacial score (nSPS) is 11.1. The maximum absolute atomic E-state index is 13.7. The smallest absolute Gasteiger partial charge is 0.266 e. The van der Waals surface area contributed by atoms with Gasteiger partial charge in [0.1, 0.15) is 17.8 Å². The summed E-state index contributed by atoms with van der Waals surface area (Å²) >= 11 is 0. The molecule has 0 saturated heterocycles. The molecule has 0 spiro atoms. The van der Waals surface area contributed by atoms with E-state index in [0.717, 1.165) is 5.56 Å². The van der Waals surface area contributed by atoms with Crippen LogP contribution < -0.4 is 15.0 Å². The fraction of sp³-hybridized carbons (Fsp3) is 0.0909. The third-order valence-electron chi connectivity index (χ3n) is 4.93. The van der Waals surface area contributed by atoms with Crippen LogP contribution in [0.3, 0.4) is 0 Å². The van der Waals surface area contributed by atoms with Gasteiger partial charge in [0.15, 0.2) is 0 Å². The summed E-state index contributed by atoms with van der Waals surface area (Å²) in [5.74, 6) is 1.61. The first kappa shape index (κ1) is 17.9. The lowest BCUT2D eigenvalue weighted by Crippen LogP contribution is -2.20. The highest BCUT2D eigenvalue weighted by Gasteiger charge is 2.18. The quantitative estimate of drug-likeness (QED) is 0.462. The number of nitrogens with zero attached hydrogens (tertiary/aromatic N) is 5. The van der Waals surface area contributed by atoms with Crippen molar-refractivity contribution in [1.82, 2.24) is 24.1 Å². The molecule has 5 aromatic rings. The molecule has 8 heteroatoms. The van der Waals surface area contributed by atoms with Crippen LogP contribution in [0.5, 0.6) is 11.5 Å². The Hall–Kier alpha value is -4.20. The summed E-state index contributed by atoms with van der Waals surface area (Å²) in [5.41, 5.74) is 2.42. The van der Waals surface area contributed by atoms with Gasteiger partial charge in [-0.1, -0.05) is 30.3 Å². The van der Waals surface area contributed by atoms with Gasteiger partial charge in [0.05, 0.1) is 36.5 Å². The van der Waals surface area contributed by atoms with Crippen molar-refractivity contribution in [2.24, 2.45) is 0 Å². The summed E-state index contributed by atoms with van der Waals surface area (Å²) in [6, 6.07) is 16.7. The maximum Gasteiger partial charge on any atom is 0.266 e. The first-order chi connectivity index (χ1) is 14.7. The first-order valence-corrected chi connectivity index (χ1v) is 9.23. The second kappa shape index (κ2) is 7.00. The number of hydrogen-bond acceptors (Lipinski definition) is 6. The molecule has 0 fully saturated rings. The molecule has 30 heavy (non-hydrogen) atoms. The van der Waals surface area contributed by atoms with E-state index in [9.17, 15) is 4.79 Å². The average Bonchev–Trinajstić information content (AvgIpc) is 3.26. The van der Waals surface area contributed by atoms with Crippen LogP contribution in [0, 0.1) is 0 Å². The highest BCUT2D eigenvalue weighted by Crippen LogP contribution is 2.28. The summed E-state index contributed by atoms with van der Waals surface area (Å²) in [5, 5.41) is 4.75. The molecule has 148 valence electrons. The van der Waals surface area contributed by atoms with Gasteiger partial charge in [0.25, 0.3) is 11.3 Å². The summed E-state index contributed by atoms with van der Waals surface area (Å²) in [6.45, 7) is 0. The van der Waals surface area contributed by atoms with E-state index < -0.39 is 0 Å². The van der Waals surface area contributed by atoms with Crippen molar-refractivity contribution in [3.05, 3.63) is 77.5 Å². The van der Waals surface area contributed by atoms with Crippen LogP contribution in [-0.4, -0.2) is 38.4 Å². The molecule has 2 aromatic carbocycles. The predicted octanol–water partition coefficient (Wildman–Crippen LogP) is 3.11. The minimum absolute atomic E-state index is 0.230. The van der Waals surface area contributed by atoms with Crippen LogP contribution >= 0.6 is 0 Å². The second-order valence-electron chi connectivity index (χ2n) is 6.62. The van der Waals surface area contributed by atoms with E-state index in [1.165, 1.54) is 6.33 Å². The number of benzene rings is 2. The highest BCUT2D eigenvalue weighted by atomic mass is 16.5. The Balaban J connectivity index is 1.88. The Morgan fingerprint density at radius 2 is 1.67 bits per heavy atom. The number of hydrogen-bond donors (Lipinski definition) is 0. The van der Waals surface area contributed by atoms with E-state index in [1.807, 2.05) is 30.3 Å². The molecule has 3 heterocycles. The summed E-state index contributed by atoms with van der Waals surface area (Å²) in [6.07, 6.45) is 3.12. The molecule has 3 aromatic heterocycles. The van der Waals surface area contributed by atoms with Crippen molar-refractivity contribution >= 4 is 16.7 Å². The van der Waals surface area contributed by atoms with Crippen molar-refractivity contribution in [3.8, 4) is 28.4 Å². The molecular weight excluding hydrogens is 382 g/mol. The van der Waals surface area contributed by atoms with Gasteiger partial charge >= 0.3 is 0 Å². The van der Waals surface area contributed by atoms with Gasteiger partial charge in [0, 0.05) is 30.0 Å². The molecule has 8 nitrogen and oxygen atoms in total. The Labute approximate surface area is 171 Å². The third kappa shape index (κ3) is 2.77. The van der Waals surface area contributed by atoms with Gasteiger partial charge in [-0.25, -0.2) is 4.98 Å². The topological polar surface area (TPSA) is 83.5 Å². The van der Waals surface area contributed by atoms with Gasteiger partial charge in [-0.2, -0.15) is 14.6 Å². The maximum atomic E-state index is 13.7. The molecule has 0 unspecified atom stereocenters. The van der Waals surface area contributed by atoms with Crippen molar-refractivity contribution in [2.75, 3.05) is 14.2 Å². The lowest BCUT2D eigenvalue weighted by Gasteiger charge is -2.13. The van der Waals surface area contributed by atoms with Gasteiger partial charge < -0.3 is 9.47 Å². The SMILES string of the molecule is COc1cc(OC)cc(-n2ccc3nc4ncnn4c(-c4ccccc4)c3c2=O)c1. The lowest BCUT2D eigenvalue weighted by molar-refractivity contribution is 0.394. The second-order valence-corrected chi connectivity index (χ2v) is 6.62. The summed E-state index contributed by atoms with van der Waals surface area (Å²) < 4.78 is 13.9. The van der Waals surface area contributed by atoms with Gasteiger partial charge in [0.2, 0.25) is 0 Å². The lowest BCUT2D eigenvalue weighted by atomic mass is 10.1. The molecule has 0 N–H and O–H groups in total. The number of methoxy groups -OCH3 is 2. The molecule has 0 atom stereocenters. The van der Waals surface area contributed by atoms with Crippen molar-refractivity contribution < 1.29 is 9.47 Å². The van der Waals surface area contributed by atoms with Crippen molar-refractivity contribution in [3.63, 3.8) is 0 Å². The van der Waals surface area contributed by atoms with Gasteiger partial charge in [-0.15, -0.1) is 0 Å². The zero-order valence-corrected chi connectivity index (χ0v) is 16.3. The molecular formula is C22H17N5O3. The van der Waals surface area contributed by atoms with Crippen LogP contribution in [0.4, 0.5) is 0 Å². The number of ether oxygens (including phenoxy) is 2. The summed E-state index contributed by atoms with van der Waals surface area (Å²) in [4.78, 5) is 22.4. The van der Waals surface area contributed by atoms with Crippen LogP contribution in [0.2, 0.25) is 0 Å². The molecule has 5 rings (SSSR count). The van der Waals surface area contributed by atoms with E-state index in [4.69, 9.17) is 9.47 Å². The molecule has 0 aliphatic rings. The van der Waals surface area contributed by atoms with E-state index in [0.29, 0.717) is 39.6 Å². The number of rotatable bonds is 4. The number of aromatic nitrogens is 5. The van der Waals surface area contributed by atoms with Crippen molar-refractivity contribution in [2.45, 2.75) is 0 Å². The van der Waals surface area contributed by atoms with E-state index in [1.54, 1.807) is 53.8 Å². The number of pyridine rings is 1. The fourth-order valence-corrected chi connectivity index (χ4v) is 3.52. The Bertz CT molecular complexity index is 1420.